The van der Waals surface area contributed by atoms with Crippen LogP contribution in [0.4, 0.5) is 0 Å². The van der Waals surface area contributed by atoms with E-state index in [1.807, 2.05) is 0 Å². The molecule has 0 amide bonds. The largest absolute Gasteiger partial charge is 0.478 e. The molecule has 0 radical (unpaired) electrons. The quantitative estimate of drug-likeness (QED) is 0.657. The maximum Gasteiger partial charge on any atom is 0.331 e. The van der Waals surface area contributed by atoms with E-state index >= 15 is 0 Å². The molecule has 1 heterocycles. The van der Waals surface area contributed by atoms with Crippen molar-refractivity contribution in [2.24, 2.45) is 0 Å². The van der Waals surface area contributed by atoms with E-state index in [0.29, 0.717) is 5.76 Å². The van der Waals surface area contributed by atoms with Gasteiger partial charge in [0.2, 0.25) is 0 Å². The van der Waals surface area contributed by atoms with Gasteiger partial charge in [-0.3, -0.25) is 0 Å². The van der Waals surface area contributed by atoms with E-state index in [2.05, 4.69) is 0 Å². The zero-order valence-corrected chi connectivity index (χ0v) is 6.07. The third kappa shape index (κ3) is 1.97. The second-order valence-corrected chi connectivity index (χ2v) is 2.15. The minimum Gasteiger partial charge on any atom is -0.478 e. The second kappa shape index (κ2) is 3.05. The van der Waals surface area contributed by atoms with E-state index in [0.717, 1.165) is 0 Å². The van der Waals surface area contributed by atoms with E-state index in [4.69, 9.17) is 9.52 Å². The van der Waals surface area contributed by atoms with Gasteiger partial charge in [0.25, 0.3) is 0 Å². The Morgan fingerprint density at radius 1 is 1.73 bits per heavy atom. The molecule has 0 aliphatic heterocycles. The highest BCUT2D eigenvalue weighted by Crippen LogP contribution is 2.06. The molecular formula is C8H8O3. The van der Waals surface area contributed by atoms with Gasteiger partial charge in [0.15, 0.2) is 0 Å². The molecule has 0 atom stereocenters. The lowest BCUT2D eigenvalue weighted by atomic mass is 10.2. The van der Waals surface area contributed by atoms with E-state index in [9.17, 15) is 4.79 Å². The Morgan fingerprint density at radius 3 is 2.91 bits per heavy atom. The summed E-state index contributed by atoms with van der Waals surface area (Å²) in [4.78, 5) is 10.3. The van der Waals surface area contributed by atoms with E-state index in [-0.39, 0.29) is 5.57 Å². The lowest BCUT2D eigenvalue weighted by Crippen LogP contribution is -1.94. The van der Waals surface area contributed by atoms with Crippen molar-refractivity contribution in [2.75, 3.05) is 0 Å². The Morgan fingerprint density at radius 2 is 2.45 bits per heavy atom. The van der Waals surface area contributed by atoms with Gasteiger partial charge in [-0.05, 0) is 25.1 Å². The van der Waals surface area contributed by atoms with Crippen molar-refractivity contribution in [2.45, 2.75) is 6.92 Å². The number of aliphatic carboxylic acids is 1. The Kier molecular flexibility index (Phi) is 2.11. The zero-order chi connectivity index (χ0) is 8.27. The smallest absolute Gasteiger partial charge is 0.331 e. The number of carbonyl (C=O) groups is 1. The van der Waals surface area contributed by atoms with Gasteiger partial charge in [0.05, 0.1) is 6.26 Å². The van der Waals surface area contributed by atoms with Gasteiger partial charge in [-0.25, -0.2) is 4.79 Å². The minimum absolute atomic E-state index is 0.264. The van der Waals surface area contributed by atoms with Crippen LogP contribution in [-0.2, 0) is 4.79 Å². The average molecular weight is 152 g/mol. The van der Waals surface area contributed by atoms with Crippen LogP contribution >= 0.6 is 0 Å². The molecular weight excluding hydrogens is 144 g/mol. The number of furan rings is 1. The molecule has 0 aromatic carbocycles. The number of hydrogen-bond donors (Lipinski definition) is 1. The predicted molar refractivity (Wildman–Crippen MR) is 40.0 cm³/mol. The van der Waals surface area contributed by atoms with Crippen LogP contribution in [0, 0.1) is 0 Å². The van der Waals surface area contributed by atoms with Crippen LogP contribution in [0.1, 0.15) is 12.7 Å². The van der Waals surface area contributed by atoms with Gasteiger partial charge in [0, 0.05) is 5.57 Å². The minimum atomic E-state index is -0.929. The summed E-state index contributed by atoms with van der Waals surface area (Å²) in [7, 11) is 0. The Balaban J connectivity index is 2.82. The summed E-state index contributed by atoms with van der Waals surface area (Å²) in [6.45, 7) is 1.52. The summed E-state index contributed by atoms with van der Waals surface area (Å²) < 4.78 is 4.91. The molecule has 1 aromatic heterocycles. The summed E-state index contributed by atoms with van der Waals surface area (Å²) in [5, 5.41) is 8.47. The molecule has 0 saturated heterocycles. The Bertz CT molecular complexity index is 270. The maximum absolute atomic E-state index is 10.3. The van der Waals surface area contributed by atoms with Gasteiger partial charge in [-0.2, -0.15) is 0 Å². The molecule has 0 bridgehead atoms. The summed E-state index contributed by atoms with van der Waals surface area (Å²) in [5.74, 6) is -0.369. The first-order valence-electron chi connectivity index (χ1n) is 3.15. The van der Waals surface area contributed by atoms with Crippen molar-refractivity contribution in [3.05, 3.63) is 29.7 Å². The first kappa shape index (κ1) is 7.60. The van der Waals surface area contributed by atoms with E-state index in [1.165, 1.54) is 19.3 Å². The van der Waals surface area contributed by atoms with Gasteiger partial charge in [0.1, 0.15) is 5.76 Å². The van der Waals surface area contributed by atoms with Crippen molar-refractivity contribution < 1.29 is 14.3 Å². The van der Waals surface area contributed by atoms with Gasteiger partial charge < -0.3 is 9.52 Å². The number of carboxylic acids is 1. The predicted octanol–water partition coefficient (Wildman–Crippen LogP) is 1.77. The molecule has 0 spiro atoms. The van der Waals surface area contributed by atoms with Crippen LogP contribution in [0.3, 0.4) is 0 Å². The van der Waals surface area contributed by atoms with Gasteiger partial charge >= 0.3 is 5.97 Å². The fourth-order valence-electron chi connectivity index (χ4n) is 0.649. The monoisotopic (exact) mass is 152 g/mol. The molecule has 1 N–H and O–H groups in total. The molecule has 0 saturated carbocycles. The van der Waals surface area contributed by atoms with Crippen molar-refractivity contribution in [1.82, 2.24) is 0 Å². The Hall–Kier alpha value is -1.51. The highest BCUT2D eigenvalue weighted by atomic mass is 16.4. The number of rotatable bonds is 2. The van der Waals surface area contributed by atoms with Gasteiger partial charge in [-0.15, -0.1) is 0 Å². The lowest BCUT2D eigenvalue weighted by molar-refractivity contribution is -0.132. The molecule has 0 fully saturated rings. The molecule has 11 heavy (non-hydrogen) atoms. The lowest BCUT2D eigenvalue weighted by Gasteiger charge is -1.88. The summed E-state index contributed by atoms with van der Waals surface area (Å²) in [6, 6.07) is 3.41. The SMILES string of the molecule is C/C(=C/c1ccco1)C(=O)O. The highest BCUT2D eigenvalue weighted by molar-refractivity contribution is 5.90. The van der Waals surface area contributed by atoms with Crippen LogP contribution in [0.5, 0.6) is 0 Å². The first-order chi connectivity index (χ1) is 5.20. The van der Waals surface area contributed by atoms with Crippen molar-refractivity contribution in [3.8, 4) is 0 Å². The standard InChI is InChI=1S/C8H8O3/c1-6(8(9)10)5-7-3-2-4-11-7/h2-5H,1H3,(H,9,10)/b6-5-. The topological polar surface area (TPSA) is 50.4 Å². The molecule has 58 valence electrons. The third-order valence-corrected chi connectivity index (χ3v) is 1.24. The Labute approximate surface area is 64.0 Å². The molecule has 3 heteroatoms. The molecule has 0 aliphatic rings. The van der Waals surface area contributed by atoms with E-state index < -0.39 is 5.97 Å². The fraction of sp³-hybridized carbons (Fsp3) is 0.125. The average Bonchev–Trinajstić information content (AvgIpc) is 2.39. The number of carboxylic acid groups (broad SMARTS) is 1. The van der Waals surface area contributed by atoms with E-state index in [1.54, 1.807) is 12.1 Å². The molecule has 0 aliphatic carbocycles. The van der Waals surface area contributed by atoms with Crippen molar-refractivity contribution in [3.63, 3.8) is 0 Å². The maximum atomic E-state index is 10.3. The molecule has 0 unspecified atom stereocenters. The molecule has 1 rings (SSSR count). The highest BCUT2D eigenvalue weighted by Gasteiger charge is 1.99. The zero-order valence-electron chi connectivity index (χ0n) is 6.07. The van der Waals surface area contributed by atoms with Crippen LogP contribution in [0.2, 0.25) is 0 Å². The van der Waals surface area contributed by atoms with Crippen LogP contribution < -0.4 is 0 Å². The molecule has 3 nitrogen and oxygen atoms in total. The first-order valence-corrected chi connectivity index (χ1v) is 3.15. The van der Waals surface area contributed by atoms with Crippen LogP contribution in [0.25, 0.3) is 6.08 Å². The van der Waals surface area contributed by atoms with Crippen LogP contribution in [-0.4, -0.2) is 11.1 Å². The molecule has 1 aromatic rings. The summed E-state index contributed by atoms with van der Waals surface area (Å²) >= 11 is 0. The number of hydrogen-bond acceptors (Lipinski definition) is 2. The second-order valence-electron chi connectivity index (χ2n) is 2.15. The summed E-state index contributed by atoms with van der Waals surface area (Å²) in [6.07, 6.45) is 2.98. The van der Waals surface area contributed by atoms with Gasteiger partial charge in [-0.1, -0.05) is 0 Å². The fourth-order valence-corrected chi connectivity index (χ4v) is 0.649. The van der Waals surface area contributed by atoms with Crippen molar-refractivity contribution in [1.29, 1.82) is 0 Å². The summed E-state index contributed by atoms with van der Waals surface area (Å²) in [5.41, 5.74) is 0.264. The van der Waals surface area contributed by atoms with Crippen LogP contribution in [0.15, 0.2) is 28.4 Å². The van der Waals surface area contributed by atoms with Crippen molar-refractivity contribution >= 4 is 12.0 Å². The third-order valence-electron chi connectivity index (χ3n) is 1.24. The normalized spacial score (nSPS) is 11.5.